The van der Waals surface area contributed by atoms with Gasteiger partial charge in [-0.05, 0) is 56.5 Å². The van der Waals surface area contributed by atoms with Crippen LogP contribution < -0.4 is 15.4 Å². The minimum atomic E-state index is 0.220. The Kier molecular flexibility index (Phi) is 8.18. The first-order valence-corrected chi connectivity index (χ1v) is 13.2. The molecule has 0 unspecified atom stereocenters. The van der Waals surface area contributed by atoms with Crippen LogP contribution in [0.5, 0.6) is 11.8 Å². The van der Waals surface area contributed by atoms with E-state index in [0.29, 0.717) is 29.0 Å². The summed E-state index contributed by atoms with van der Waals surface area (Å²) in [5, 5.41) is 7.31. The Morgan fingerprint density at radius 1 is 1.16 bits per heavy atom. The molecule has 2 N–H and O–H groups in total. The maximum atomic E-state index is 6.71. The van der Waals surface area contributed by atoms with Crippen LogP contribution in [0.15, 0.2) is 52.6 Å². The Balaban J connectivity index is 1.32. The number of aliphatic imine (C=N–C) groups is 1. The van der Waals surface area contributed by atoms with E-state index in [9.17, 15) is 0 Å². The van der Waals surface area contributed by atoms with Crippen molar-refractivity contribution in [3.8, 4) is 11.8 Å². The van der Waals surface area contributed by atoms with Crippen LogP contribution >= 0.6 is 11.6 Å². The van der Waals surface area contributed by atoms with Crippen molar-refractivity contribution in [3.63, 3.8) is 0 Å². The summed E-state index contributed by atoms with van der Waals surface area (Å²) in [6.07, 6.45) is 10.1. The van der Waals surface area contributed by atoms with E-state index in [2.05, 4.69) is 55.6 Å². The fourth-order valence-corrected chi connectivity index (χ4v) is 4.91. The zero-order chi connectivity index (χ0) is 25.6. The van der Waals surface area contributed by atoms with Crippen molar-refractivity contribution in [1.29, 1.82) is 0 Å². The van der Waals surface area contributed by atoms with Gasteiger partial charge in [0.2, 0.25) is 0 Å². The monoisotopic (exact) mass is 520 g/mol. The Morgan fingerprint density at radius 2 is 2.00 bits per heavy atom. The molecule has 194 valence electrons. The van der Waals surface area contributed by atoms with Gasteiger partial charge in [0, 0.05) is 31.3 Å². The number of allylic oxidation sites excluding steroid dienone is 2. The number of rotatable bonds is 9. The van der Waals surface area contributed by atoms with Crippen LogP contribution in [0.3, 0.4) is 0 Å². The molecule has 3 aliphatic rings. The molecule has 9 heteroatoms. The molecule has 5 rings (SSSR count). The van der Waals surface area contributed by atoms with Crippen LogP contribution in [0.2, 0.25) is 5.02 Å². The second-order valence-electron chi connectivity index (χ2n) is 9.42. The molecule has 1 aliphatic carbocycles. The van der Waals surface area contributed by atoms with Crippen molar-refractivity contribution in [1.82, 2.24) is 14.9 Å². The average Bonchev–Trinajstić information content (AvgIpc) is 3.50. The number of amidine groups is 1. The predicted molar refractivity (Wildman–Crippen MR) is 150 cm³/mol. The molecule has 1 saturated heterocycles. The van der Waals surface area contributed by atoms with Crippen molar-refractivity contribution in [2.45, 2.75) is 26.7 Å². The SMILES string of the molecule is C/C=C/C1=CC(Nc2cc(NCCCN3CCOCC3)nc(Oc3ccc4c(c3Cl)C=C(C)C4)n2)=NC1. The smallest absolute Gasteiger partial charge is 0.325 e. The summed E-state index contributed by atoms with van der Waals surface area (Å²) in [7, 11) is 0. The summed E-state index contributed by atoms with van der Waals surface area (Å²) >= 11 is 6.71. The van der Waals surface area contributed by atoms with Crippen LogP contribution in [0.25, 0.3) is 6.08 Å². The standard InChI is InChI=1S/C28H33ClN6O2/c1-3-5-20-16-24(31-18-20)32-26-17-25(30-8-4-9-35-10-12-36-13-11-35)33-28(34-26)37-23-7-6-21-14-19(2)15-22(21)27(23)29/h3,5-7,15-17H,4,8-14,18H2,1-2H3,(H2,30,31,32,33,34)/b5-3+. The molecular formula is C28H33ClN6O2. The molecular weight excluding hydrogens is 488 g/mol. The number of fused-ring (bicyclic) bond motifs is 1. The third-order valence-electron chi connectivity index (χ3n) is 6.45. The van der Waals surface area contributed by atoms with Crippen molar-refractivity contribution >= 4 is 35.1 Å². The lowest BCUT2D eigenvalue weighted by molar-refractivity contribution is 0.0378. The summed E-state index contributed by atoms with van der Waals surface area (Å²) in [5.74, 6) is 2.58. The van der Waals surface area contributed by atoms with Gasteiger partial charge in [-0.1, -0.05) is 41.5 Å². The average molecular weight is 521 g/mol. The van der Waals surface area contributed by atoms with E-state index in [1.165, 1.54) is 11.1 Å². The fraction of sp³-hybridized carbons (Fsp3) is 0.393. The maximum Gasteiger partial charge on any atom is 0.325 e. The molecule has 0 saturated carbocycles. The Hall–Kier alpha value is -3.20. The minimum Gasteiger partial charge on any atom is -0.423 e. The zero-order valence-electron chi connectivity index (χ0n) is 21.4. The molecule has 1 fully saturated rings. The van der Waals surface area contributed by atoms with Crippen LogP contribution in [0.4, 0.5) is 11.6 Å². The molecule has 0 spiro atoms. The summed E-state index contributed by atoms with van der Waals surface area (Å²) in [6, 6.07) is 6.04. The minimum absolute atomic E-state index is 0.220. The van der Waals surface area contributed by atoms with E-state index in [0.717, 1.165) is 69.2 Å². The number of benzene rings is 1. The molecule has 0 atom stereocenters. The third-order valence-corrected chi connectivity index (χ3v) is 6.84. The molecule has 0 amide bonds. The number of hydrogen-bond acceptors (Lipinski definition) is 8. The van der Waals surface area contributed by atoms with Crippen LogP contribution in [-0.4, -0.2) is 66.6 Å². The van der Waals surface area contributed by atoms with Crippen molar-refractivity contribution in [2.24, 2.45) is 4.99 Å². The Bertz CT molecular complexity index is 1260. The number of anilines is 2. The number of ether oxygens (including phenoxy) is 2. The summed E-state index contributed by atoms with van der Waals surface area (Å²) in [5.41, 5.74) is 4.64. The molecule has 2 aliphatic heterocycles. The summed E-state index contributed by atoms with van der Waals surface area (Å²) in [6.45, 7) is 10.1. The highest BCUT2D eigenvalue weighted by molar-refractivity contribution is 6.33. The van der Waals surface area contributed by atoms with Gasteiger partial charge in [-0.3, -0.25) is 9.89 Å². The van der Waals surface area contributed by atoms with Gasteiger partial charge in [0.1, 0.15) is 23.2 Å². The second-order valence-corrected chi connectivity index (χ2v) is 9.80. The van der Waals surface area contributed by atoms with E-state index in [1.807, 2.05) is 31.2 Å². The molecule has 37 heavy (non-hydrogen) atoms. The van der Waals surface area contributed by atoms with E-state index < -0.39 is 0 Å². The maximum absolute atomic E-state index is 6.71. The predicted octanol–water partition coefficient (Wildman–Crippen LogP) is 5.34. The van der Waals surface area contributed by atoms with Crippen LogP contribution in [0.1, 0.15) is 31.4 Å². The number of nitrogens with one attached hydrogen (secondary N) is 2. The first-order chi connectivity index (χ1) is 18.1. The Morgan fingerprint density at radius 3 is 2.84 bits per heavy atom. The number of hydrogen-bond donors (Lipinski definition) is 2. The first kappa shape index (κ1) is 25.4. The van der Waals surface area contributed by atoms with Gasteiger partial charge >= 0.3 is 6.01 Å². The summed E-state index contributed by atoms with van der Waals surface area (Å²) < 4.78 is 11.6. The van der Waals surface area contributed by atoms with E-state index in [4.69, 9.17) is 21.1 Å². The van der Waals surface area contributed by atoms with E-state index in [-0.39, 0.29) is 6.01 Å². The zero-order valence-corrected chi connectivity index (χ0v) is 22.1. The lowest BCUT2D eigenvalue weighted by Gasteiger charge is -2.26. The highest BCUT2D eigenvalue weighted by Gasteiger charge is 2.18. The van der Waals surface area contributed by atoms with Gasteiger partial charge in [-0.25, -0.2) is 0 Å². The molecule has 1 aromatic heterocycles. The van der Waals surface area contributed by atoms with Gasteiger partial charge in [-0.2, -0.15) is 9.97 Å². The highest BCUT2D eigenvalue weighted by Crippen LogP contribution is 2.38. The number of nitrogens with zero attached hydrogens (tertiary/aromatic N) is 4. The second kappa shape index (κ2) is 11.9. The van der Waals surface area contributed by atoms with E-state index in [1.54, 1.807) is 0 Å². The Labute approximate surface area is 223 Å². The van der Waals surface area contributed by atoms with Gasteiger partial charge in [0.15, 0.2) is 0 Å². The highest BCUT2D eigenvalue weighted by atomic mass is 35.5. The van der Waals surface area contributed by atoms with Crippen molar-refractivity contribution < 1.29 is 9.47 Å². The van der Waals surface area contributed by atoms with Gasteiger partial charge in [0.25, 0.3) is 0 Å². The number of aromatic nitrogens is 2. The van der Waals surface area contributed by atoms with Crippen LogP contribution in [0, 0.1) is 0 Å². The lowest BCUT2D eigenvalue weighted by atomic mass is 10.1. The number of halogens is 1. The largest absolute Gasteiger partial charge is 0.423 e. The van der Waals surface area contributed by atoms with E-state index >= 15 is 0 Å². The lowest BCUT2D eigenvalue weighted by Crippen LogP contribution is -2.37. The van der Waals surface area contributed by atoms with Crippen molar-refractivity contribution in [2.75, 3.05) is 56.6 Å². The quantitative estimate of drug-likeness (QED) is 0.431. The molecule has 0 bridgehead atoms. The third kappa shape index (κ3) is 6.57. The van der Waals surface area contributed by atoms with Gasteiger partial charge in [0.05, 0.1) is 24.8 Å². The number of morpholine rings is 1. The molecule has 1 aromatic carbocycles. The first-order valence-electron chi connectivity index (χ1n) is 12.8. The van der Waals surface area contributed by atoms with Crippen molar-refractivity contribution in [3.05, 3.63) is 63.7 Å². The topological polar surface area (TPSA) is 83.9 Å². The van der Waals surface area contributed by atoms with Gasteiger partial charge in [-0.15, -0.1) is 0 Å². The molecule has 2 aromatic rings. The fourth-order valence-electron chi connectivity index (χ4n) is 4.63. The van der Waals surface area contributed by atoms with Gasteiger partial charge < -0.3 is 20.1 Å². The summed E-state index contributed by atoms with van der Waals surface area (Å²) in [4.78, 5) is 16.2. The molecule has 8 nitrogen and oxygen atoms in total. The molecule has 3 heterocycles. The van der Waals surface area contributed by atoms with Crippen LogP contribution in [-0.2, 0) is 11.2 Å². The normalized spacial score (nSPS) is 17.4. The molecule has 0 radical (unpaired) electrons.